The Morgan fingerprint density at radius 1 is 1.20 bits per heavy atom. The van der Waals surface area contributed by atoms with E-state index in [1.54, 1.807) is 18.2 Å². The molecule has 1 atom stereocenters. The fraction of sp³-hybridized carbons (Fsp3) is 0.346. The van der Waals surface area contributed by atoms with Gasteiger partial charge in [0.1, 0.15) is 17.1 Å². The molecule has 0 saturated heterocycles. The zero-order valence-electron chi connectivity index (χ0n) is 20.9. The zero-order chi connectivity index (χ0) is 25.8. The monoisotopic (exact) mass is 495 g/mol. The summed E-state index contributed by atoms with van der Waals surface area (Å²) in [5.74, 6) is -0.391. The number of hydrogen-bond donors (Lipinski definition) is 3. The number of amidine groups is 1. The minimum Gasteiger partial charge on any atom is -0.505 e. The maximum absolute atomic E-state index is 13.4. The number of aromatic hydroxyl groups is 1. The van der Waals surface area contributed by atoms with Gasteiger partial charge in [-0.2, -0.15) is 5.10 Å². The Bertz CT molecular complexity index is 1270. The summed E-state index contributed by atoms with van der Waals surface area (Å²) in [6.45, 7) is 11.1. The van der Waals surface area contributed by atoms with Gasteiger partial charge in [0.05, 0.1) is 13.8 Å². The molecular formula is C26H34N5O3P. The molecule has 0 saturated carbocycles. The molecule has 8 nitrogen and oxygen atoms in total. The third-order valence-electron chi connectivity index (χ3n) is 5.41. The number of anilines is 1. The van der Waals surface area contributed by atoms with Crippen LogP contribution in [0.2, 0.25) is 0 Å². The molecule has 0 aliphatic carbocycles. The molecular weight excluding hydrogens is 461 g/mol. The molecule has 5 N–H and O–H groups in total. The molecule has 1 aromatic heterocycles. The molecule has 0 aliphatic rings. The Labute approximate surface area is 207 Å². The van der Waals surface area contributed by atoms with Crippen molar-refractivity contribution in [2.45, 2.75) is 40.7 Å². The molecule has 35 heavy (non-hydrogen) atoms. The van der Waals surface area contributed by atoms with Crippen molar-refractivity contribution in [2.75, 3.05) is 19.0 Å². The number of hydrogen-bond acceptors (Lipinski definition) is 6. The van der Waals surface area contributed by atoms with Crippen molar-refractivity contribution in [3.8, 4) is 17.0 Å². The standard InChI is InChI=1S/C26H34N5O3P/c1-6-34-35(5)20-16-18(27)12-13-19(20)29-24(28)21-23(32)22(17-10-8-7-9-11-17)30-31(25(21)33)15-14-26(2,3)4/h7-13,16,32H,6,14-15,27H2,1-5H3,(H2,28,29). The fourth-order valence-corrected chi connectivity index (χ4v) is 4.82. The van der Waals surface area contributed by atoms with Crippen LogP contribution in [-0.2, 0) is 11.1 Å². The quantitative estimate of drug-likeness (QED) is 0.184. The number of benzene rings is 2. The topological polar surface area (TPSA) is 129 Å². The van der Waals surface area contributed by atoms with Gasteiger partial charge in [0.2, 0.25) is 0 Å². The van der Waals surface area contributed by atoms with Gasteiger partial charge in [-0.15, -0.1) is 0 Å². The second-order valence-corrected chi connectivity index (χ2v) is 11.2. The molecule has 0 bridgehead atoms. The van der Waals surface area contributed by atoms with E-state index in [9.17, 15) is 9.90 Å². The number of rotatable bonds is 8. The Kier molecular flexibility index (Phi) is 8.30. The zero-order valence-corrected chi connectivity index (χ0v) is 21.8. The van der Waals surface area contributed by atoms with Crippen LogP contribution >= 0.6 is 8.15 Å². The van der Waals surface area contributed by atoms with Crippen molar-refractivity contribution in [1.29, 1.82) is 0 Å². The second-order valence-electron chi connectivity index (χ2n) is 9.44. The molecule has 3 aromatic rings. The summed E-state index contributed by atoms with van der Waals surface area (Å²) in [4.78, 5) is 18.0. The van der Waals surface area contributed by atoms with E-state index in [-0.39, 0.29) is 28.3 Å². The lowest BCUT2D eigenvalue weighted by Gasteiger charge is -2.19. The summed E-state index contributed by atoms with van der Waals surface area (Å²) in [6.07, 6.45) is 0.714. The number of aliphatic imine (C=N–C) groups is 1. The predicted molar refractivity (Wildman–Crippen MR) is 145 cm³/mol. The van der Waals surface area contributed by atoms with Crippen LogP contribution in [0.1, 0.15) is 39.7 Å². The van der Waals surface area contributed by atoms with E-state index in [1.807, 2.05) is 43.9 Å². The van der Waals surface area contributed by atoms with Crippen LogP contribution in [0.15, 0.2) is 58.3 Å². The number of aryl methyl sites for hydroxylation is 1. The molecule has 1 heterocycles. The number of nitrogens with zero attached hydrogens (tertiary/aromatic N) is 3. The van der Waals surface area contributed by atoms with E-state index in [2.05, 4.69) is 30.9 Å². The van der Waals surface area contributed by atoms with Crippen molar-refractivity contribution >= 4 is 30.7 Å². The first-order chi connectivity index (χ1) is 16.5. The fourth-order valence-electron chi connectivity index (χ4n) is 3.51. The van der Waals surface area contributed by atoms with E-state index < -0.39 is 13.7 Å². The highest BCUT2D eigenvalue weighted by atomic mass is 31.1. The van der Waals surface area contributed by atoms with Gasteiger partial charge < -0.3 is 21.1 Å². The number of aromatic nitrogens is 2. The highest BCUT2D eigenvalue weighted by Gasteiger charge is 2.23. The van der Waals surface area contributed by atoms with Crippen LogP contribution in [0, 0.1) is 5.41 Å². The lowest BCUT2D eigenvalue weighted by molar-refractivity contribution is 0.335. The van der Waals surface area contributed by atoms with Gasteiger partial charge in [0, 0.05) is 29.7 Å². The van der Waals surface area contributed by atoms with Gasteiger partial charge in [-0.3, -0.25) is 4.79 Å². The van der Waals surface area contributed by atoms with Crippen molar-refractivity contribution in [2.24, 2.45) is 16.1 Å². The molecule has 2 aromatic carbocycles. The first kappa shape index (κ1) is 26.4. The average molecular weight is 496 g/mol. The number of nitrogen functional groups attached to an aromatic ring is 1. The van der Waals surface area contributed by atoms with Gasteiger partial charge in [-0.1, -0.05) is 51.1 Å². The van der Waals surface area contributed by atoms with Gasteiger partial charge >= 0.3 is 0 Å². The van der Waals surface area contributed by atoms with Gasteiger partial charge in [-0.05, 0) is 43.6 Å². The largest absolute Gasteiger partial charge is 0.505 e. The lowest BCUT2D eigenvalue weighted by Crippen LogP contribution is -2.33. The van der Waals surface area contributed by atoms with E-state index >= 15 is 0 Å². The van der Waals surface area contributed by atoms with E-state index in [0.717, 1.165) is 5.30 Å². The van der Waals surface area contributed by atoms with Crippen molar-refractivity contribution in [1.82, 2.24) is 9.78 Å². The van der Waals surface area contributed by atoms with Crippen LogP contribution in [0.4, 0.5) is 11.4 Å². The summed E-state index contributed by atoms with van der Waals surface area (Å²) >= 11 is 0. The van der Waals surface area contributed by atoms with Crippen LogP contribution in [0.25, 0.3) is 11.3 Å². The van der Waals surface area contributed by atoms with Crippen molar-refractivity contribution in [3.05, 3.63) is 64.4 Å². The summed E-state index contributed by atoms with van der Waals surface area (Å²) in [5, 5.41) is 16.4. The van der Waals surface area contributed by atoms with Crippen LogP contribution in [0.3, 0.4) is 0 Å². The van der Waals surface area contributed by atoms with E-state index in [4.69, 9.17) is 16.0 Å². The predicted octanol–water partition coefficient (Wildman–Crippen LogP) is 4.36. The summed E-state index contributed by atoms with van der Waals surface area (Å²) < 4.78 is 7.15. The summed E-state index contributed by atoms with van der Waals surface area (Å²) in [5.41, 5.74) is 13.9. The second kappa shape index (κ2) is 11.0. The maximum atomic E-state index is 13.4. The summed E-state index contributed by atoms with van der Waals surface area (Å²) in [6, 6.07) is 14.5. The molecule has 186 valence electrons. The third kappa shape index (κ3) is 6.47. The normalized spacial score (nSPS) is 13.1. The SMILES string of the molecule is CCOP(C)c1cc(N)ccc1N=C(N)c1c(O)c(-c2ccccc2)nn(CCC(C)(C)C)c1=O. The third-order valence-corrected chi connectivity index (χ3v) is 7.09. The molecule has 0 spiro atoms. The van der Waals surface area contributed by atoms with Crippen molar-refractivity contribution in [3.63, 3.8) is 0 Å². The minimum absolute atomic E-state index is 0.0117. The highest BCUT2D eigenvalue weighted by molar-refractivity contribution is 7.60. The van der Waals surface area contributed by atoms with Crippen molar-refractivity contribution < 1.29 is 9.63 Å². The molecule has 9 heteroatoms. The van der Waals surface area contributed by atoms with Crippen LogP contribution in [0.5, 0.6) is 5.75 Å². The Hall–Kier alpha value is -3.22. The molecule has 0 fully saturated rings. The highest BCUT2D eigenvalue weighted by Crippen LogP contribution is 2.36. The average Bonchev–Trinajstić information content (AvgIpc) is 2.80. The summed E-state index contributed by atoms with van der Waals surface area (Å²) in [7, 11) is -0.996. The van der Waals surface area contributed by atoms with E-state index in [1.165, 1.54) is 4.68 Å². The van der Waals surface area contributed by atoms with E-state index in [0.29, 0.717) is 36.5 Å². The minimum atomic E-state index is -0.996. The van der Waals surface area contributed by atoms with Gasteiger partial charge in [-0.25, -0.2) is 9.67 Å². The Morgan fingerprint density at radius 3 is 2.51 bits per heavy atom. The molecule has 0 amide bonds. The maximum Gasteiger partial charge on any atom is 0.281 e. The first-order valence-electron chi connectivity index (χ1n) is 11.5. The van der Waals surface area contributed by atoms with Gasteiger partial charge in [0.25, 0.3) is 5.56 Å². The lowest BCUT2D eigenvalue weighted by atomic mass is 9.92. The first-order valence-corrected chi connectivity index (χ1v) is 13.2. The Morgan fingerprint density at radius 2 is 1.89 bits per heavy atom. The molecule has 3 rings (SSSR count). The van der Waals surface area contributed by atoms with Gasteiger partial charge in [0.15, 0.2) is 5.75 Å². The Balaban J connectivity index is 2.20. The van der Waals surface area contributed by atoms with Crippen LogP contribution in [-0.4, -0.2) is 34.0 Å². The molecule has 1 unspecified atom stereocenters. The van der Waals surface area contributed by atoms with Crippen LogP contribution < -0.4 is 22.3 Å². The smallest absolute Gasteiger partial charge is 0.281 e. The molecule has 0 radical (unpaired) electrons. The molecule has 0 aliphatic heterocycles. The number of nitrogens with two attached hydrogens (primary N) is 2.